The highest BCUT2D eigenvalue weighted by molar-refractivity contribution is 6.70. The number of hydrogen-bond donors (Lipinski definition) is 0. The average molecular weight is 290 g/mol. The third kappa shape index (κ3) is 5.05. The van der Waals surface area contributed by atoms with Crippen LogP contribution in [0.2, 0.25) is 13.1 Å². The van der Waals surface area contributed by atoms with Crippen LogP contribution in [0.3, 0.4) is 0 Å². The maximum Gasteiger partial charge on any atom is 0.0647 e. The molecule has 0 bridgehead atoms. The van der Waals surface area contributed by atoms with Crippen molar-refractivity contribution < 1.29 is 0 Å². The summed E-state index contributed by atoms with van der Waals surface area (Å²) in [5.41, 5.74) is 2.55. The van der Waals surface area contributed by atoms with Gasteiger partial charge >= 0.3 is 0 Å². The van der Waals surface area contributed by atoms with Crippen molar-refractivity contribution in [3.63, 3.8) is 0 Å². The van der Waals surface area contributed by atoms with Gasteiger partial charge in [0.25, 0.3) is 0 Å². The molecule has 0 heterocycles. The lowest BCUT2D eigenvalue weighted by Crippen LogP contribution is -2.21. The highest BCUT2D eigenvalue weighted by atomic mass is 28.3. The molecule has 21 heavy (non-hydrogen) atoms. The van der Waals surface area contributed by atoms with Crippen molar-refractivity contribution in [1.29, 1.82) is 0 Å². The molecule has 0 radical (unpaired) electrons. The Morgan fingerprint density at radius 2 is 0.810 bits per heavy atom. The quantitative estimate of drug-likeness (QED) is 0.598. The molecule has 3 aromatic carbocycles. The molecule has 0 atom stereocenters. The molecule has 0 spiro atoms. The first-order chi connectivity index (χ1) is 10.3. The number of rotatable bonds is 2. The van der Waals surface area contributed by atoms with Crippen molar-refractivity contribution in [2.75, 3.05) is 0 Å². The van der Waals surface area contributed by atoms with Crippen molar-refractivity contribution in [1.82, 2.24) is 0 Å². The van der Waals surface area contributed by atoms with Crippen LogP contribution in [0, 0.1) is 0 Å². The van der Waals surface area contributed by atoms with Crippen LogP contribution in [0.15, 0.2) is 91.0 Å². The first-order valence-electron chi connectivity index (χ1n) is 7.43. The second kappa shape index (κ2) is 8.23. The second-order valence-electron chi connectivity index (χ2n) is 5.30. The molecule has 1 heteroatoms. The Morgan fingerprint density at radius 3 is 1.10 bits per heavy atom. The summed E-state index contributed by atoms with van der Waals surface area (Å²) in [4.78, 5) is 0. The molecule has 0 aliphatic heterocycles. The summed E-state index contributed by atoms with van der Waals surface area (Å²) in [6.07, 6.45) is 0. The third-order valence-corrected chi connectivity index (χ3v) is 5.07. The third-order valence-electron chi connectivity index (χ3n) is 3.35. The SMILES string of the molecule is C[SiH](C)c1ccccc1.c1ccc(-c2ccccc2)cc1. The smallest absolute Gasteiger partial charge is 0.0647 e. The van der Waals surface area contributed by atoms with Crippen LogP contribution >= 0.6 is 0 Å². The summed E-state index contributed by atoms with van der Waals surface area (Å²) in [6, 6.07) is 31.5. The minimum Gasteiger partial charge on any atom is -0.0682 e. The van der Waals surface area contributed by atoms with Gasteiger partial charge in [0.15, 0.2) is 0 Å². The highest BCUT2D eigenvalue weighted by Crippen LogP contribution is 2.17. The van der Waals surface area contributed by atoms with E-state index >= 15 is 0 Å². The van der Waals surface area contributed by atoms with E-state index in [0.717, 1.165) is 0 Å². The van der Waals surface area contributed by atoms with Crippen LogP contribution < -0.4 is 5.19 Å². The molecule has 0 aliphatic rings. The second-order valence-corrected chi connectivity index (χ2v) is 8.27. The van der Waals surface area contributed by atoms with Gasteiger partial charge in [0.1, 0.15) is 0 Å². The van der Waals surface area contributed by atoms with Gasteiger partial charge < -0.3 is 0 Å². The Bertz CT molecular complexity index is 578. The molecule has 0 amide bonds. The molecule has 0 saturated carbocycles. The Labute approximate surface area is 129 Å². The Hall–Kier alpha value is -2.12. The summed E-state index contributed by atoms with van der Waals surface area (Å²) in [5.74, 6) is 0. The van der Waals surface area contributed by atoms with Gasteiger partial charge in [-0.15, -0.1) is 0 Å². The molecule has 3 aromatic rings. The van der Waals surface area contributed by atoms with Crippen molar-refractivity contribution in [2.45, 2.75) is 13.1 Å². The standard InChI is InChI=1S/C12H10.C8H12Si/c1-3-7-11(8-4-1)12-9-5-2-6-10-12;1-9(2)8-6-4-3-5-7-8/h1-10H;3-7,9H,1-2H3. The molecular weight excluding hydrogens is 268 g/mol. The van der Waals surface area contributed by atoms with Crippen molar-refractivity contribution in [3.8, 4) is 11.1 Å². The van der Waals surface area contributed by atoms with Crippen LogP contribution in [0.1, 0.15) is 0 Å². The fraction of sp³-hybridized carbons (Fsp3) is 0.100. The summed E-state index contributed by atoms with van der Waals surface area (Å²) in [5, 5.41) is 1.55. The first-order valence-corrected chi connectivity index (χ1v) is 10.3. The fourth-order valence-corrected chi connectivity index (χ4v) is 3.09. The summed E-state index contributed by atoms with van der Waals surface area (Å²) in [6.45, 7) is 4.69. The van der Waals surface area contributed by atoms with Gasteiger partial charge in [-0.05, 0) is 11.1 Å². The van der Waals surface area contributed by atoms with Gasteiger partial charge in [0.2, 0.25) is 0 Å². The van der Waals surface area contributed by atoms with Crippen molar-refractivity contribution >= 4 is 14.0 Å². The van der Waals surface area contributed by atoms with E-state index in [-0.39, 0.29) is 0 Å². The van der Waals surface area contributed by atoms with Gasteiger partial charge in [0.05, 0.1) is 8.80 Å². The van der Waals surface area contributed by atoms with Gasteiger partial charge in [-0.2, -0.15) is 0 Å². The maximum absolute atomic E-state index is 2.34. The van der Waals surface area contributed by atoms with E-state index in [1.165, 1.54) is 11.1 Å². The first kappa shape index (κ1) is 15.3. The molecule has 0 N–H and O–H groups in total. The lowest BCUT2D eigenvalue weighted by Gasteiger charge is -1.99. The predicted octanol–water partition coefficient (Wildman–Crippen LogP) is 4.73. The minimum atomic E-state index is -0.529. The lowest BCUT2D eigenvalue weighted by molar-refractivity contribution is 1.62. The topological polar surface area (TPSA) is 0 Å². The Morgan fingerprint density at radius 1 is 0.476 bits per heavy atom. The minimum absolute atomic E-state index is 0.529. The average Bonchev–Trinajstić information content (AvgIpc) is 2.58. The molecular formula is C20H22Si. The van der Waals surface area contributed by atoms with Gasteiger partial charge in [-0.25, -0.2) is 0 Å². The van der Waals surface area contributed by atoms with Crippen LogP contribution in [0.5, 0.6) is 0 Å². The van der Waals surface area contributed by atoms with Crippen LogP contribution in [-0.4, -0.2) is 8.80 Å². The highest BCUT2D eigenvalue weighted by Gasteiger charge is 1.95. The Kier molecular flexibility index (Phi) is 5.98. The summed E-state index contributed by atoms with van der Waals surface area (Å²) in [7, 11) is -0.529. The number of benzene rings is 3. The van der Waals surface area contributed by atoms with Gasteiger partial charge in [-0.1, -0.05) is 109 Å². The maximum atomic E-state index is 2.34. The molecule has 0 saturated heterocycles. The molecule has 0 nitrogen and oxygen atoms in total. The predicted molar refractivity (Wildman–Crippen MR) is 96.8 cm³/mol. The summed E-state index contributed by atoms with van der Waals surface area (Å²) < 4.78 is 0. The van der Waals surface area contributed by atoms with E-state index in [0.29, 0.717) is 0 Å². The number of hydrogen-bond acceptors (Lipinski definition) is 0. The van der Waals surface area contributed by atoms with Crippen LogP contribution in [-0.2, 0) is 0 Å². The molecule has 0 aliphatic carbocycles. The molecule has 106 valence electrons. The zero-order valence-electron chi connectivity index (χ0n) is 12.7. The van der Waals surface area contributed by atoms with Gasteiger partial charge in [0, 0.05) is 0 Å². The van der Waals surface area contributed by atoms with Crippen LogP contribution in [0.4, 0.5) is 0 Å². The van der Waals surface area contributed by atoms with E-state index < -0.39 is 8.80 Å². The largest absolute Gasteiger partial charge is 0.0682 e. The zero-order chi connectivity index (χ0) is 14.9. The lowest BCUT2D eigenvalue weighted by atomic mass is 10.1. The van der Waals surface area contributed by atoms with E-state index in [2.05, 4.69) is 92.0 Å². The normalized spacial score (nSPS) is 9.86. The van der Waals surface area contributed by atoms with Crippen molar-refractivity contribution in [3.05, 3.63) is 91.0 Å². The van der Waals surface area contributed by atoms with E-state index in [1.807, 2.05) is 12.1 Å². The fourth-order valence-electron chi connectivity index (χ4n) is 2.10. The molecule has 0 aromatic heterocycles. The van der Waals surface area contributed by atoms with Gasteiger partial charge in [-0.3, -0.25) is 0 Å². The molecule has 0 unspecified atom stereocenters. The zero-order valence-corrected chi connectivity index (χ0v) is 13.9. The summed E-state index contributed by atoms with van der Waals surface area (Å²) >= 11 is 0. The van der Waals surface area contributed by atoms with Crippen LogP contribution in [0.25, 0.3) is 11.1 Å². The van der Waals surface area contributed by atoms with Crippen molar-refractivity contribution in [2.24, 2.45) is 0 Å². The van der Waals surface area contributed by atoms with E-state index in [4.69, 9.17) is 0 Å². The van der Waals surface area contributed by atoms with E-state index in [1.54, 1.807) is 5.19 Å². The molecule has 0 fully saturated rings. The Balaban J connectivity index is 0.000000161. The monoisotopic (exact) mass is 290 g/mol. The van der Waals surface area contributed by atoms with E-state index in [9.17, 15) is 0 Å². The molecule has 3 rings (SSSR count).